The number of aromatic nitrogens is 4. The van der Waals surface area contributed by atoms with Crippen LogP contribution in [-0.2, 0) is 12.7 Å². The second kappa shape index (κ2) is 9.97. The zero-order valence-corrected chi connectivity index (χ0v) is 20.2. The van der Waals surface area contributed by atoms with Gasteiger partial charge in [-0.2, -0.15) is 13.2 Å². The van der Waals surface area contributed by atoms with Crippen molar-refractivity contribution >= 4 is 40.1 Å². The predicted molar refractivity (Wildman–Crippen MR) is 131 cm³/mol. The normalized spacial score (nSPS) is 11.5. The predicted octanol–water partition coefficient (Wildman–Crippen LogP) is 4.46. The zero-order valence-electron chi connectivity index (χ0n) is 19.4. The highest BCUT2D eigenvalue weighted by Gasteiger charge is 2.34. The van der Waals surface area contributed by atoms with Gasteiger partial charge in [-0.15, -0.1) is 11.3 Å². The zero-order chi connectivity index (χ0) is 26.9. The van der Waals surface area contributed by atoms with Crippen molar-refractivity contribution in [3.8, 4) is 21.8 Å². The maximum atomic E-state index is 13.2. The number of carbonyl (C=O) groups is 2. The van der Waals surface area contributed by atoms with Gasteiger partial charge in [0, 0.05) is 42.0 Å². The lowest BCUT2D eigenvalue weighted by Gasteiger charge is -2.13. The first-order chi connectivity index (χ1) is 17.5. The standard InChI is InChI=1S/C23H19F3N6O4S/c1-3-27-22(36)31-18-6-11(20-30-17(10-37-20)23(24,25)26)13(7-29-18)15-5-12-16(8-28-15)32(4-2)9-14(19(12)33)21(34)35/h5-10H,3-4H2,1-2H3,(H,34,35)(H2,27,29,31,36). The summed E-state index contributed by atoms with van der Waals surface area (Å²) in [6, 6.07) is 2.16. The van der Waals surface area contributed by atoms with Gasteiger partial charge in [-0.25, -0.2) is 19.6 Å². The summed E-state index contributed by atoms with van der Waals surface area (Å²) in [5, 5.41) is 15.4. The molecule has 0 aliphatic heterocycles. The van der Waals surface area contributed by atoms with Gasteiger partial charge in [-0.1, -0.05) is 0 Å². The number of urea groups is 1. The molecule has 0 spiro atoms. The van der Waals surface area contributed by atoms with E-state index in [0.717, 1.165) is 16.7 Å². The molecule has 0 atom stereocenters. The van der Waals surface area contributed by atoms with Crippen LogP contribution in [0.2, 0.25) is 0 Å². The number of aromatic carboxylic acids is 1. The molecule has 4 aromatic rings. The first-order valence-corrected chi connectivity index (χ1v) is 11.8. The van der Waals surface area contributed by atoms with Crippen molar-refractivity contribution in [1.82, 2.24) is 24.8 Å². The number of halogens is 3. The third-order valence-corrected chi connectivity index (χ3v) is 6.20. The van der Waals surface area contributed by atoms with Crippen LogP contribution in [0.1, 0.15) is 29.9 Å². The highest BCUT2D eigenvalue weighted by Crippen LogP contribution is 2.38. The lowest BCUT2D eigenvalue weighted by molar-refractivity contribution is -0.140. The Morgan fingerprint density at radius 3 is 2.51 bits per heavy atom. The van der Waals surface area contributed by atoms with E-state index in [4.69, 9.17) is 0 Å². The van der Waals surface area contributed by atoms with E-state index >= 15 is 0 Å². The molecule has 14 heteroatoms. The number of hydrogen-bond acceptors (Lipinski definition) is 7. The van der Waals surface area contributed by atoms with E-state index in [1.807, 2.05) is 0 Å². The number of carboxylic acid groups (broad SMARTS) is 1. The van der Waals surface area contributed by atoms with Gasteiger partial charge in [-0.05, 0) is 26.0 Å². The summed E-state index contributed by atoms with van der Waals surface area (Å²) in [6.45, 7) is 4.19. The molecular formula is C23H19F3N6O4S. The number of carbonyl (C=O) groups excluding carboxylic acids is 1. The number of carboxylic acids is 1. The van der Waals surface area contributed by atoms with Gasteiger partial charge in [0.15, 0.2) is 5.69 Å². The average molecular weight is 533 g/mol. The van der Waals surface area contributed by atoms with Crippen LogP contribution in [0.5, 0.6) is 0 Å². The fraction of sp³-hybridized carbons (Fsp3) is 0.217. The molecule has 0 aliphatic rings. The van der Waals surface area contributed by atoms with Gasteiger partial charge < -0.3 is 15.0 Å². The van der Waals surface area contributed by atoms with Gasteiger partial charge in [-0.3, -0.25) is 15.1 Å². The first-order valence-electron chi connectivity index (χ1n) is 10.9. The van der Waals surface area contributed by atoms with E-state index in [1.54, 1.807) is 18.4 Å². The Hall–Kier alpha value is -4.33. The Kier molecular flexibility index (Phi) is 6.94. The van der Waals surface area contributed by atoms with Gasteiger partial charge >= 0.3 is 18.2 Å². The fourth-order valence-corrected chi connectivity index (χ4v) is 4.46. The number of hydrogen-bond donors (Lipinski definition) is 3. The highest BCUT2D eigenvalue weighted by molar-refractivity contribution is 7.13. The van der Waals surface area contributed by atoms with Crippen LogP contribution in [0, 0.1) is 0 Å². The minimum Gasteiger partial charge on any atom is -0.477 e. The Morgan fingerprint density at radius 1 is 1.14 bits per heavy atom. The summed E-state index contributed by atoms with van der Waals surface area (Å²) in [5.74, 6) is -1.34. The van der Waals surface area contributed by atoms with E-state index in [2.05, 4.69) is 25.6 Å². The molecule has 10 nitrogen and oxygen atoms in total. The van der Waals surface area contributed by atoms with E-state index in [0.29, 0.717) is 18.6 Å². The summed E-state index contributed by atoms with van der Waals surface area (Å²) in [6.07, 6.45) is -0.755. The number of nitrogens with zero attached hydrogens (tertiary/aromatic N) is 4. The SMILES string of the molecule is CCNC(=O)Nc1cc(-c2nc(C(F)(F)F)cs2)c(-c2cc3c(=O)c(C(=O)O)cn(CC)c3cn2)cn1. The van der Waals surface area contributed by atoms with Gasteiger partial charge in [0.05, 0.1) is 22.8 Å². The summed E-state index contributed by atoms with van der Waals surface area (Å²) >= 11 is 0.737. The molecule has 2 amide bonds. The average Bonchev–Trinajstić information content (AvgIpc) is 3.35. The van der Waals surface area contributed by atoms with E-state index < -0.39 is 34.9 Å². The summed E-state index contributed by atoms with van der Waals surface area (Å²) in [7, 11) is 0. The molecular weight excluding hydrogens is 513 g/mol. The number of fused-ring (bicyclic) bond motifs is 1. The molecule has 4 rings (SSSR count). The molecule has 4 aromatic heterocycles. The van der Waals surface area contributed by atoms with Crippen molar-refractivity contribution in [2.45, 2.75) is 26.6 Å². The number of amides is 2. The quantitative estimate of drug-likeness (QED) is 0.333. The molecule has 37 heavy (non-hydrogen) atoms. The van der Waals surface area contributed by atoms with Crippen molar-refractivity contribution in [2.75, 3.05) is 11.9 Å². The molecule has 0 bridgehead atoms. The van der Waals surface area contributed by atoms with Crippen LogP contribution in [0.3, 0.4) is 0 Å². The Morgan fingerprint density at radius 2 is 1.89 bits per heavy atom. The molecule has 4 heterocycles. The number of rotatable bonds is 6. The third-order valence-electron chi connectivity index (χ3n) is 5.32. The minimum atomic E-state index is -4.66. The molecule has 192 valence electrons. The van der Waals surface area contributed by atoms with Crippen molar-refractivity contribution in [1.29, 1.82) is 0 Å². The van der Waals surface area contributed by atoms with Crippen LogP contribution in [-0.4, -0.2) is 43.2 Å². The Labute approximate surface area is 210 Å². The lowest BCUT2D eigenvalue weighted by Crippen LogP contribution is -2.28. The number of aryl methyl sites for hydroxylation is 1. The van der Waals surface area contributed by atoms with Crippen molar-refractivity contribution in [2.24, 2.45) is 0 Å². The smallest absolute Gasteiger partial charge is 0.434 e. The van der Waals surface area contributed by atoms with Gasteiger partial charge in [0.25, 0.3) is 0 Å². The van der Waals surface area contributed by atoms with Gasteiger partial charge in [0.2, 0.25) is 5.43 Å². The topological polar surface area (TPSA) is 139 Å². The summed E-state index contributed by atoms with van der Waals surface area (Å²) in [5.41, 5.74) is -1.29. The monoisotopic (exact) mass is 532 g/mol. The molecule has 3 N–H and O–H groups in total. The van der Waals surface area contributed by atoms with Crippen molar-refractivity contribution in [3.63, 3.8) is 0 Å². The largest absolute Gasteiger partial charge is 0.477 e. The van der Waals surface area contributed by atoms with Crippen molar-refractivity contribution < 1.29 is 27.9 Å². The van der Waals surface area contributed by atoms with E-state index in [-0.39, 0.29) is 33.0 Å². The molecule has 0 aliphatic carbocycles. The van der Waals surface area contributed by atoms with Gasteiger partial charge in [0.1, 0.15) is 16.4 Å². The Bertz CT molecular complexity index is 1580. The molecule has 0 aromatic carbocycles. The summed E-state index contributed by atoms with van der Waals surface area (Å²) < 4.78 is 41.3. The van der Waals surface area contributed by atoms with Crippen LogP contribution in [0.25, 0.3) is 32.7 Å². The molecule has 0 saturated carbocycles. The van der Waals surface area contributed by atoms with Crippen LogP contribution >= 0.6 is 11.3 Å². The van der Waals surface area contributed by atoms with E-state index in [9.17, 15) is 32.7 Å². The Balaban J connectivity index is 1.93. The summed E-state index contributed by atoms with van der Waals surface area (Å²) in [4.78, 5) is 48.7. The van der Waals surface area contributed by atoms with Crippen LogP contribution < -0.4 is 16.1 Å². The second-order valence-electron chi connectivity index (χ2n) is 7.68. The number of anilines is 1. The number of alkyl halides is 3. The molecule has 0 fully saturated rings. The van der Waals surface area contributed by atoms with Crippen LogP contribution in [0.15, 0.2) is 40.9 Å². The number of thiazole rings is 1. The maximum absolute atomic E-state index is 13.2. The van der Waals surface area contributed by atoms with E-state index in [1.165, 1.54) is 30.7 Å². The number of pyridine rings is 3. The van der Waals surface area contributed by atoms with Crippen molar-refractivity contribution in [3.05, 3.63) is 57.6 Å². The lowest BCUT2D eigenvalue weighted by atomic mass is 10.0. The van der Waals surface area contributed by atoms with Crippen LogP contribution in [0.4, 0.5) is 23.8 Å². The third kappa shape index (κ3) is 5.14. The maximum Gasteiger partial charge on any atom is 0.434 e. The molecule has 0 unspecified atom stereocenters. The first kappa shape index (κ1) is 25.8. The second-order valence-corrected chi connectivity index (χ2v) is 8.54. The fourth-order valence-electron chi connectivity index (χ4n) is 3.60. The molecule has 0 radical (unpaired) electrons. The highest BCUT2D eigenvalue weighted by atomic mass is 32.1. The number of nitrogens with one attached hydrogen (secondary N) is 2. The minimum absolute atomic E-state index is 0.0178. The molecule has 0 saturated heterocycles.